The zero-order valence-corrected chi connectivity index (χ0v) is 12.2. The number of ether oxygens (including phenoxy) is 1. The van der Waals surface area contributed by atoms with Crippen molar-refractivity contribution in [1.82, 2.24) is 4.90 Å². The first kappa shape index (κ1) is 15.6. The van der Waals surface area contributed by atoms with Crippen molar-refractivity contribution in [1.29, 1.82) is 0 Å². The molecule has 106 valence electrons. The van der Waals surface area contributed by atoms with E-state index < -0.39 is 0 Å². The van der Waals surface area contributed by atoms with Gasteiger partial charge in [-0.2, -0.15) is 0 Å². The van der Waals surface area contributed by atoms with E-state index in [9.17, 15) is 0 Å². The lowest BCUT2D eigenvalue weighted by molar-refractivity contribution is 0.296. The Morgan fingerprint density at radius 3 is 2.58 bits per heavy atom. The Bertz CT molecular complexity index is 348. The van der Waals surface area contributed by atoms with E-state index in [0.29, 0.717) is 0 Å². The summed E-state index contributed by atoms with van der Waals surface area (Å²) in [5.41, 5.74) is 1.11. The Labute approximate surface area is 117 Å². The van der Waals surface area contributed by atoms with Gasteiger partial charge in [0.2, 0.25) is 0 Å². The SMILES string of the molecule is C=CCN(C)CCCCCOc1ccc(NC)cc1. The van der Waals surface area contributed by atoms with E-state index in [1.807, 2.05) is 37.4 Å². The van der Waals surface area contributed by atoms with Gasteiger partial charge in [0.25, 0.3) is 0 Å². The minimum absolute atomic E-state index is 0.796. The fourth-order valence-corrected chi connectivity index (χ4v) is 1.88. The smallest absolute Gasteiger partial charge is 0.119 e. The second kappa shape index (κ2) is 9.45. The van der Waals surface area contributed by atoms with E-state index in [2.05, 4.69) is 23.8 Å². The molecule has 3 nitrogen and oxygen atoms in total. The molecule has 0 bridgehead atoms. The van der Waals surface area contributed by atoms with Gasteiger partial charge < -0.3 is 15.0 Å². The number of benzene rings is 1. The molecule has 0 atom stereocenters. The number of nitrogens with one attached hydrogen (secondary N) is 1. The average Bonchev–Trinajstić information content (AvgIpc) is 2.43. The molecule has 1 rings (SSSR count). The van der Waals surface area contributed by atoms with Crippen LogP contribution in [0.15, 0.2) is 36.9 Å². The normalized spacial score (nSPS) is 10.5. The second-order valence-electron chi connectivity index (χ2n) is 4.73. The highest BCUT2D eigenvalue weighted by molar-refractivity contribution is 5.45. The van der Waals surface area contributed by atoms with Crippen molar-refractivity contribution in [2.45, 2.75) is 19.3 Å². The maximum absolute atomic E-state index is 5.70. The molecule has 0 saturated carbocycles. The van der Waals surface area contributed by atoms with E-state index in [1.54, 1.807) is 0 Å². The van der Waals surface area contributed by atoms with Gasteiger partial charge in [-0.05, 0) is 57.1 Å². The molecule has 3 heteroatoms. The van der Waals surface area contributed by atoms with Crippen LogP contribution in [-0.4, -0.2) is 38.7 Å². The van der Waals surface area contributed by atoms with Gasteiger partial charge in [-0.1, -0.05) is 6.08 Å². The van der Waals surface area contributed by atoms with Crippen LogP contribution in [0.3, 0.4) is 0 Å². The fraction of sp³-hybridized carbons (Fsp3) is 0.500. The highest BCUT2D eigenvalue weighted by Crippen LogP contribution is 2.15. The van der Waals surface area contributed by atoms with Gasteiger partial charge in [0, 0.05) is 19.3 Å². The van der Waals surface area contributed by atoms with Crippen molar-refractivity contribution in [3.05, 3.63) is 36.9 Å². The maximum atomic E-state index is 5.70. The molecule has 0 aliphatic heterocycles. The fourth-order valence-electron chi connectivity index (χ4n) is 1.88. The summed E-state index contributed by atoms with van der Waals surface area (Å²) in [6.45, 7) is 6.63. The summed E-state index contributed by atoms with van der Waals surface area (Å²) in [6, 6.07) is 8.06. The number of hydrogen-bond donors (Lipinski definition) is 1. The lowest BCUT2D eigenvalue weighted by Gasteiger charge is -2.13. The van der Waals surface area contributed by atoms with Crippen LogP contribution in [0.2, 0.25) is 0 Å². The summed E-state index contributed by atoms with van der Waals surface area (Å²) in [4.78, 5) is 2.28. The number of rotatable bonds is 10. The Balaban J connectivity index is 2.05. The summed E-state index contributed by atoms with van der Waals surface area (Å²) < 4.78 is 5.70. The van der Waals surface area contributed by atoms with E-state index in [4.69, 9.17) is 4.74 Å². The van der Waals surface area contributed by atoms with Crippen LogP contribution < -0.4 is 10.1 Å². The van der Waals surface area contributed by atoms with Gasteiger partial charge in [-0.3, -0.25) is 0 Å². The standard InChI is InChI=1S/C16H26N2O/c1-4-12-18(3)13-6-5-7-14-19-16-10-8-15(17-2)9-11-16/h4,8-11,17H,1,5-7,12-14H2,2-3H3. The monoisotopic (exact) mass is 262 g/mol. The first-order valence-electron chi connectivity index (χ1n) is 6.96. The Morgan fingerprint density at radius 1 is 1.21 bits per heavy atom. The van der Waals surface area contributed by atoms with Gasteiger partial charge in [-0.25, -0.2) is 0 Å². The quantitative estimate of drug-likeness (QED) is 0.516. The second-order valence-corrected chi connectivity index (χ2v) is 4.73. The summed E-state index contributed by atoms with van der Waals surface area (Å²) in [7, 11) is 4.04. The van der Waals surface area contributed by atoms with Crippen molar-refractivity contribution < 1.29 is 4.74 Å². The van der Waals surface area contributed by atoms with Crippen LogP contribution in [0.25, 0.3) is 0 Å². The maximum Gasteiger partial charge on any atom is 0.119 e. The minimum Gasteiger partial charge on any atom is -0.494 e. The van der Waals surface area contributed by atoms with Gasteiger partial charge in [-0.15, -0.1) is 6.58 Å². The third kappa shape index (κ3) is 6.87. The van der Waals surface area contributed by atoms with Gasteiger partial charge in [0.05, 0.1) is 6.61 Å². The molecule has 19 heavy (non-hydrogen) atoms. The molecule has 0 radical (unpaired) electrons. The van der Waals surface area contributed by atoms with E-state index in [1.165, 1.54) is 12.8 Å². The molecule has 0 amide bonds. The van der Waals surface area contributed by atoms with Crippen LogP contribution in [0, 0.1) is 0 Å². The molecule has 0 heterocycles. The predicted molar refractivity (Wildman–Crippen MR) is 83.0 cm³/mol. The van der Waals surface area contributed by atoms with E-state index in [0.717, 1.165) is 37.6 Å². The zero-order valence-electron chi connectivity index (χ0n) is 12.2. The number of nitrogens with zero attached hydrogens (tertiary/aromatic N) is 1. The molecular weight excluding hydrogens is 236 g/mol. The van der Waals surface area contributed by atoms with Crippen molar-refractivity contribution >= 4 is 5.69 Å². The lowest BCUT2D eigenvalue weighted by atomic mass is 10.2. The van der Waals surface area contributed by atoms with Gasteiger partial charge in [0.15, 0.2) is 0 Å². The average molecular weight is 262 g/mol. The number of hydrogen-bond acceptors (Lipinski definition) is 3. The van der Waals surface area contributed by atoms with Gasteiger partial charge >= 0.3 is 0 Å². The van der Waals surface area contributed by atoms with Crippen molar-refractivity contribution in [2.24, 2.45) is 0 Å². The van der Waals surface area contributed by atoms with Crippen LogP contribution in [0.1, 0.15) is 19.3 Å². The summed E-state index contributed by atoms with van der Waals surface area (Å²) in [5.74, 6) is 0.947. The Morgan fingerprint density at radius 2 is 1.95 bits per heavy atom. The molecule has 0 spiro atoms. The van der Waals surface area contributed by atoms with Crippen LogP contribution in [-0.2, 0) is 0 Å². The molecule has 0 fully saturated rings. The Kier molecular flexibility index (Phi) is 7.75. The van der Waals surface area contributed by atoms with Crippen molar-refractivity contribution in [3.63, 3.8) is 0 Å². The molecule has 1 N–H and O–H groups in total. The third-order valence-corrected chi connectivity index (χ3v) is 3.04. The molecule has 0 aliphatic rings. The largest absolute Gasteiger partial charge is 0.494 e. The minimum atomic E-state index is 0.796. The highest BCUT2D eigenvalue weighted by atomic mass is 16.5. The molecular formula is C16H26N2O. The van der Waals surface area contributed by atoms with E-state index >= 15 is 0 Å². The van der Waals surface area contributed by atoms with Gasteiger partial charge in [0.1, 0.15) is 5.75 Å². The molecule has 0 unspecified atom stereocenters. The number of anilines is 1. The number of unbranched alkanes of at least 4 members (excludes halogenated alkanes) is 2. The molecule has 0 aliphatic carbocycles. The zero-order chi connectivity index (χ0) is 13.9. The topological polar surface area (TPSA) is 24.5 Å². The summed E-state index contributed by atoms with van der Waals surface area (Å²) in [6.07, 6.45) is 5.47. The van der Waals surface area contributed by atoms with Crippen LogP contribution in [0.4, 0.5) is 5.69 Å². The Hall–Kier alpha value is -1.48. The first-order chi connectivity index (χ1) is 9.26. The first-order valence-corrected chi connectivity index (χ1v) is 6.96. The van der Waals surface area contributed by atoms with Crippen LogP contribution in [0.5, 0.6) is 5.75 Å². The van der Waals surface area contributed by atoms with Crippen molar-refractivity contribution in [2.75, 3.05) is 39.1 Å². The summed E-state index contributed by atoms with van der Waals surface area (Å²) >= 11 is 0. The molecule has 1 aromatic carbocycles. The highest BCUT2D eigenvalue weighted by Gasteiger charge is 1.97. The number of likely N-dealkylation sites (N-methyl/N-ethyl adjacent to an activating group) is 1. The molecule has 0 aromatic heterocycles. The van der Waals surface area contributed by atoms with Crippen LogP contribution >= 0.6 is 0 Å². The molecule has 1 aromatic rings. The lowest BCUT2D eigenvalue weighted by Crippen LogP contribution is -2.19. The third-order valence-electron chi connectivity index (χ3n) is 3.04. The molecule has 0 saturated heterocycles. The summed E-state index contributed by atoms with van der Waals surface area (Å²) in [5, 5.41) is 3.09. The van der Waals surface area contributed by atoms with Crippen molar-refractivity contribution in [3.8, 4) is 5.75 Å². The predicted octanol–water partition coefficient (Wildman–Crippen LogP) is 3.40. The van der Waals surface area contributed by atoms with E-state index in [-0.39, 0.29) is 0 Å².